The second kappa shape index (κ2) is 3.18. The van der Waals surface area contributed by atoms with Gasteiger partial charge in [-0.15, -0.1) is 0 Å². The highest BCUT2D eigenvalue weighted by molar-refractivity contribution is 5.20. The molecular formula is C11H18N2. The van der Waals surface area contributed by atoms with Crippen LogP contribution in [0.3, 0.4) is 0 Å². The predicted octanol–water partition coefficient (Wildman–Crippen LogP) is 2.10. The van der Waals surface area contributed by atoms with Gasteiger partial charge in [0.1, 0.15) is 0 Å². The van der Waals surface area contributed by atoms with Gasteiger partial charge in [-0.3, -0.25) is 0 Å². The maximum Gasteiger partial charge on any atom is 0.0498 e. The maximum atomic E-state index is 3.57. The molecule has 1 aromatic rings. The second-order valence-corrected chi connectivity index (χ2v) is 4.23. The van der Waals surface area contributed by atoms with Gasteiger partial charge in [0.25, 0.3) is 0 Å². The lowest BCUT2D eigenvalue weighted by Crippen LogP contribution is -2.36. The highest BCUT2D eigenvalue weighted by Gasteiger charge is 2.22. The van der Waals surface area contributed by atoms with Gasteiger partial charge >= 0.3 is 0 Å². The van der Waals surface area contributed by atoms with Gasteiger partial charge in [0.05, 0.1) is 0 Å². The molecule has 1 aromatic heterocycles. The fourth-order valence-electron chi connectivity index (χ4n) is 2.18. The molecule has 0 spiro atoms. The lowest BCUT2D eigenvalue weighted by molar-refractivity contribution is 0.345. The van der Waals surface area contributed by atoms with Gasteiger partial charge in [-0.1, -0.05) is 13.8 Å². The first-order valence-electron chi connectivity index (χ1n) is 5.09. The fourth-order valence-corrected chi connectivity index (χ4v) is 2.18. The zero-order chi connectivity index (χ0) is 9.42. The Morgan fingerprint density at radius 3 is 2.92 bits per heavy atom. The van der Waals surface area contributed by atoms with Crippen LogP contribution in [0.2, 0.25) is 0 Å². The molecule has 0 radical (unpaired) electrons. The van der Waals surface area contributed by atoms with Gasteiger partial charge in [0.15, 0.2) is 0 Å². The molecule has 2 heterocycles. The number of aryl methyl sites for hydroxylation is 1. The molecule has 0 saturated carbocycles. The van der Waals surface area contributed by atoms with E-state index in [1.54, 1.807) is 0 Å². The SMILES string of the molecule is Cc1ccc2n1CCN[C@H]2C(C)C. The Balaban J connectivity index is 2.38. The molecule has 0 saturated heterocycles. The molecule has 0 aliphatic carbocycles. The number of fused-ring (bicyclic) bond motifs is 1. The number of aromatic nitrogens is 1. The molecule has 1 atom stereocenters. The summed E-state index contributed by atoms with van der Waals surface area (Å²) in [6.07, 6.45) is 0. The summed E-state index contributed by atoms with van der Waals surface area (Å²) in [4.78, 5) is 0. The molecule has 0 fully saturated rings. The Kier molecular flexibility index (Phi) is 2.16. The minimum Gasteiger partial charge on any atom is -0.346 e. The van der Waals surface area contributed by atoms with Crippen LogP contribution in [0.5, 0.6) is 0 Å². The number of rotatable bonds is 1. The van der Waals surface area contributed by atoms with Crippen LogP contribution < -0.4 is 5.32 Å². The van der Waals surface area contributed by atoms with Crippen LogP contribution >= 0.6 is 0 Å². The van der Waals surface area contributed by atoms with Crippen molar-refractivity contribution in [2.75, 3.05) is 6.54 Å². The van der Waals surface area contributed by atoms with Crippen LogP contribution in [0, 0.1) is 12.8 Å². The Hall–Kier alpha value is -0.760. The van der Waals surface area contributed by atoms with Gasteiger partial charge in [0, 0.05) is 30.5 Å². The van der Waals surface area contributed by atoms with Gasteiger partial charge in [-0.25, -0.2) is 0 Å². The highest BCUT2D eigenvalue weighted by atomic mass is 15.1. The van der Waals surface area contributed by atoms with E-state index in [4.69, 9.17) is 0 Å². The molecule has 0 unspecified atom stereocenters. The third-order valence-electron chi connectivity index (χ3n) is 2.92. The van der Waals surface area contributed by atoms with Crippen LogP contribution in [0.1, 0.15) is 31.3 Å². The van der Waals surface area contributed by atoms with Crippen molar-refractivity contribution in [3.8, 4) is 0 Å². The van der Waals surface area contributed by atoms with E-state index in [0.717, 1.165) is 13.1 Å². The molecule has 2 heteroatoms. The highest BCUT2D eigenvalue weighted by Crippen LogP contribution is 2.26. The third kappa shape index (κ3) is 1.39. The summed E-state index contributed by atoms with van der Waals surface area (Å²) in [6, 6.07) is 5.02. The smallest absolute Gasteiger partial charge is 0.0498 e. The standard InChI is InChI=1S/C11H18N2/c1-8(2)11-10-5-4-9(3)13(10)7-6-12-11/h4-5,8,11-12H,6-7H2,1-3H3/t11-/m0/s1. The first kappa shape index (κ1) is 8.82. The summed E-state index contributed by atoms with van der Waals surface area (Å²) in [5.74, 6) is 0.674. The topological polar surface area (TPSA) is 17.0 Å². The van der Waals surface area contributed by atoms with Crippen molar-refractivity contribution in [1.29, 1.82) is 0 Å². The van der Waals surface area contributed by atoms with Gasteiger partial charge in [0.2, 0.25) is 0 Å². The molecule has 1 aliphatic rings. The van der Waals surface area contributed by atoms with Crippen molar-refractivity contribution < 1.29 is 0 Å². The van der Waals surface area contributed by atoms with Crippen molar-refractivity contribution in [1.82, 2.24) is 9.88 Å². The van der Waals surface area contributed by atoms with Crippen molar-refractivity contribution in [3.05, 3.63) is 23.5 Å². The first-order valence-corrected chi connectivity index (χ1v) is 5.09. The van der Waals surface area contributed by atoms with E-state index in [1.165, 1.54) is 11.4 Å². The van der Waals surface area contributed by atoms with E-state index in [1.807, 2.05) is 0 Å². The Bertz CT molecular complexity index is 299. The molecule has 13 heavy (non-hydrogen) atoms. The zero-order valence-corrected chi connectivity index (χ0v) is 8.67. The van der Waals surface area contributed by atoms with Crippen LogP contribution in [0.25, 0.3) is 0 Å². The van der Waals surface area contributed by atoms with E-state index in [9.17, 15) is 0 Å². The fraction of sp³-hybridized carbons (Fsp3) is 0.636. The van der Waals surface area contributed by atoms with Gasteiger partial charge in [-0.05, 0) is 25.0 Å². The van der Waals surface area contributed by atoms with Crippen LogP contribution in [-0.2, 0) is 6.54 Å². The van der Waals surface area contributed by atoms with Crippen LogP contribution in [0.4, 0.5) is 0 Å². The number of nitrogens with one attached hydrogen (secondary N) is 1. The Labute approximate surface area is 79.9 Å². The molecule has 72 valence electrons. The largest absolute Gasteiger partial charge is 0.346 e. The number of hydrogen-bond donors (Lipinski definition) is 1. The summed E-state index contributed by atoms with van der Waals surface area (Å²) in [5, 5.41) is 3.57. The quantitative estimate of drug-likeness (QED) is 0.697. The molecule has 2 nitrogen and oxygen atoms in total. The summed E-state index contributed by atoms with van der Waals surface area (Å²) in [6.45, 7) is 8.96. The molecule has 0 amide bonds. The van der Waals surface area contributed by atoms with Crippen LogP contribution in [0.15, 0.2) is 12.1 Å². The predicted molar refractivity (Wildman–Crippen MR) is 54.8 cm³/mol. The minimum atomic E-state index is 0.544. The van der Waals surface area contributed by atoms with E-state index in [-0.39, 0.29) is 0 Å². The third-order valence-corrected chi connectivity index (χ3v) is 2.92. The van der Waals surface area contributed by atoms with Crippen LogP contribution in [-0.4, -0.2) is 11.1 Å². The number of nitrogens with zero attached hydrogens (tertiary/aromatic N) is 1. The van der Waals surface area contributed by atoms with Gasteiger partial charge < -0.3 is 9.88 Å². The monoisotopic (exact) mass is 178 g/mol. The molecular weight excluding hydrogens is 160 g/mol. The van der Waals surface area contributed by atoms with E-state index in [0.29, 0.717) is 12.0 Å². The summed E-state index contributed by atoms with van der Waals surface area (Å²) >= 11 is 0. The van der Waals surface area contributed by atoms with Crippen molar-refractivity contribution in [2.24, 2.45) is 5.92 Å². The molecule has 0 bridgehead atoms. The Morgan fingerprint density at radius 1 is 1.46 bits per heavy atom. The first-order chi connectivity index (χ1) is 6.20. The molecule has 2 rings (SSSR count). The van der Waals surface area contributed by atoms with E-state index < -0.39 is 0 Å². The van der Waals surface area contributed by atoms with Crippen molar-refractivity contribution in [3.63, 3.8) is 0 Å². The normalized spacial score (nSPS) is 22.0. The molecule has 0 aromatic carbocycles. The lowest BCUT2D eigenvalue weighted by atomic mass is 10.00. The molecule has 1 N–H and O–H groups in total. The summed E-state index contributed by atoms with van der Waals surface area (Å²) in [5.41, 5.74) is 2.85. The second-order valence-electron chi connectivity index (χ2n) is 4.23. The average molecular weight is 178 g/mol. The molecule has 1 aliphatic heterocycles. The van der Waals surface area contributed by atoms with E-state index in [2.05, 4.69) is 42.8 Å². The van der Waals surface area contributed by atoms with Crippen molar-refractivity contribution >= 4 is 0 Å². The zero-order valence-electron chi connectivity index (χ0n) is 8.67. The summed E-state index contributed by atoms with van der Waals surface area (Å²) in [7, 11) is 0. The van der Waals surface area contributed by atoms with E-state index >= 15 is 0 Å². The van der Waals surface area contributed by atoms with Crippen molar-refractivity contribution in [2.45, 2.75) is 33.4 Å². The Morgan fingerprint density at radius 2 is 2.23 bits per heavy atom. The minimum absolute atomic E-state index is 0.544. The average Bonchev–Trinajstić information content (AvgIpc) is 2.48. The lowest BCUT2D eigenvalue weighted by Gasteiger charge is -2.30. The number of hydrogen-bond acceptors (Lipinski definition) is 1. The van der Waals surface area contributed by atoms with Gasteiger partial charge in [-0.2, -0.15) is 0 Å². The summed E-state index contributed by atoms with van der Waals surface area (Å²) < 4.78 is 2.43. The maximum absolute atomic E-state index is 3.57.